The zero-order valence-electron chi connectivity index (χ0n) is 24.5. The number of benzene rings is 2. The summed E-state index contributed by atoms with van der Waals surface area (Å²) in [4.78, 5) is 27.2. The van der Waals surface area contributed by atoms with E-state index >= 15 is 0 Å². The van der Waals surface area contributed by atoms with Crippen molar-refractivity contribution < 1.29 is 27.9 Å². The Morgan fingerprint density at radius 3 is 2.36 bits per heavy atom. The number of carbonyl (C=O) groups is 2. The maximum Gasteiger partial charge on any atom is 0.411 e. The summed E-state index contributed by atoms with van der Waals surface area (Å²) in [7, 11) is -2.30. The van der Waals surface area contributed by atoms with E-state index in [4.69, 9.17) is 16.3 Å². The van der Waals surface area contributed by atoms with Crippen LogP contribution < -0.4 is 10.2 Å². The van der Waals surface area contributed by atoms with Gasteiger partial charge >= 0.3 is 12.1 Å². The molecule has 2 N–H and O–H groups in total. The third-order valence-corrected chi connectivity index (χ3v) is 12.5. The highest BCUT2D eigenvalue weighted by Gasteiger charge is 2.41. The molecule has 1 amide bonds. The van der Waals surface area contributed by atoms with Crippen LogP contribution in [0, 0.1) is 5.92 Å². The van der Waals surface area contributed by atoms with Crippen molar-refractivity contribution in [2.75, 3.05) is 23.8 Å². The number of hydrogen-bond donors (Lipinski definition) is 2. The van der Waals surface area contributed by atoms with Gasteiger partial charge in [0.2, 0.25) is 10.0 Å². The van der Waals surface area contributed by atoms with Gasteiger partial charge in [0.25, 0.3) is 0 Å². The zero-order valence-corrected chi connectivity index (χ0v) is 26.9. The zero-order chi connectivity index (χ0) is 31.0. The fraction of sp³-hybridized carbons (Fsp3) is 0.438. The first-order valence-electron chi connectivity index (χ1n) is 15.1. The molecule has 3 aromatic rings. The summed E-state index contributed by atoms with van der Waals surface area (Å²) < 4.78 is 35.7. The van der Waals surface area contributed by atoms with Crippen molar-refractivity contribution in [3.63, 3.8) is 0 Å². The summed E-state index contributed by atoms with van der Waals surface area (Å²) in [5.74, 6) is -0.992. The maximum atomic E-state index is 14.3. The molecular weight excluding hydrogens is 622 g/mol. The second kappa shape index (κ2) is 12.7. The quantitative estimate of drug-likeness (QED) is 0.276. The second-order valence-corrected chi connectivity index (χ2v) is 15.3. The minimum Gasteiger partial charge on any atom is -0.477 e. The van der Waals surface area contributed by atoms with Crippen LogP contribution in [-0.2, 0) is 14.8 Å². The number of anilines is 3. The Labute approximate surface area is 266 Å². The number of para-hydroxylation sites is 1. The second-order valence-electron chi connectivity index (χ2n) is 11.8. The number of halogens is 1. The SMILES string of the molecule is CN1[C@H](C2CCCCC2)CN(c2ccccc2)c2cc(Cl)c(-c3cc(NC(=O)OC4CCCC4)c(C(=O)O)s3)cc2S1(=O)=O. The average Bonchev–Trinajstić information content (AvgIpc) is 3.66. The Kier molecular flexibility index (Phi) is 8.92. The lowest BCUT2D eigenvalue weighted by Crippen LogP contribution is -2.46. The molecule has 12 heteroatoms. The third-order valence-electron chi connectivity index (χ3n) is 9.10. The van der Waals surface area contributed by atoms with Crippen LogP contribution in [0.5, 0.6) is 0 Å². The molecule has 0 unspecified atom stereocenters. The Hall–Kier alpha value is -3.12. The number of ether oxygens (including phenoxy) is 1. The van der Waals surface area contributed by atoms with E-state index in [1.54, 1.807) is 19.2 Å². The number of carbonyl (C=O) groups excluding carboxylic acids is 1. The number of carboxylic acid groups (broad SMARTS) is 1. The summed E-state index contributed by atoms with van der Waals surface area (Å²) in [6.07, 6.45) is 7.90. The lowest BCUT2D eigenvalue weighted by Gasteiger charge is -2.36. The van der Waals surface area contributed by atoms with E-state index in [0.717, 1.165) is 74.8 Å². The van der Waals surface area contributed by atoms with Gasteiger partial charge in [-0.2, -0.15) is 4.31 Å². The molecule has 2 aliphatic carbocycles. The molecule has 2 aromatic carbocycles. The van der Waals surface area contributed by atoms with Crippen LogP contribution in [0.1, 0.15) is 67.5 Å². The monoisotopic (exact) mass is 657 g/mol. The van der Waals surface area contributed by atoms with Crippen molar-refractivity contribution in [3.05, 3.63) is 58.4 Å². The van der Waals surface area contributed by atoms with Crippen molar-refractivity contribution in [2.24, 2.45) is 5.92 Å². The number of sulfonamides is 1. The first kappa shape index (κ1) is 30.9. The minimum atomic E-state index is -3.96. The lowest BCUT2D eigenvalue weighted by molar-refractivity contribution is 0.0703. The molecule has 2 saturated carbocycles. The van der Waals surface area contributed by atoms with Gasteiger partial charge in [0.1, 0.15) is 15.9 Å². The number of amides is 1. The highest BCUT2D eigenvalue weighted by atomic mass is 35.5. The maximum absolute atomic E-state index is 14.3. The third kappa shape index (κ3) is 6.07. The summed E-state index contributed by atoms with van der Waals surface area (Å²) >= 11 is 7.81. The molecule has 234 valence electrons. The van der Waals surface area contributed by atoms with Crippen LogP contribution in [0.25, 0.3) is 10.4 Å². The van der Waals surface area contributed by atoms with Crippen LogP contribution >= 0.6 is 22.9 Å². The van der Waals surface area contributed by atoms with Crippen molar-refractivity contribution in [2.45, 2.75) is 74.8 Å². The molecule has 2 fully saturated rings. The molecule has 2 heterocycles. The molecule has 3 aliphatic rings. The predicted octanol–water partition coefficient (Wildman–Crippen LogP) is 7.98. The van der Waals surface area contributed by atoms with Gasteiger partial charge in [-0.15, -0.1) is 11.3 Å². The minimum absolute atomic E-state index is 0.0785. The molecule has 0 spiro atoms. The molecule has 1 aromatic heterocycles. The number of rotatable bonds is 6. The average molecular weight is 658 g/mol. The van der Waals surface area contributed by atoms with Gasteiger partial charge in [0, 0.05) is 35.8 Å². The smallest absolute Gasteiger partial charge is 0.411 e. The molecule has 6 rings (SSSR count). The molecule has 44 heavy (non-hydrogen) atoms. The standard InChI is InChI=1S/C32H36ClN3O6S2/c1-35-27(20-10-4-2-5-11-20)19-36(21-12-6-3-7-13-21)26-17-24(33)23(16-29(26)44(35,40)41)28-18-25(30(43-28)31(37)38)34-32(39)42-22-14-8-9-15-22/h3,6-7,12-13,16-18,20,22,27H,2,4-5,8-11,14-15,19H2,1H3,(H,34,39)(H,37,38)/t27-/m0/s1. The van der Waals surface area contributed by atoms with Crippen molar-refractivity contribution in [1.82, 2.24) is 4.31 Å². The van der Waals surface area contributed by atoms with Crippen molar-refractivity contribution in [3.8, 4) is 10.4 Å². The number of nitrogens with one attached hydrogen (secondary N) is 1. The molecule has 1 atom stereocenters. The number of nitrogens with zero attached hydrogens (tertiary/aromatic N) is 2. The van der Waals surface area contributed by atoms with E-state index in [2.05, 4.69) is 5.32 Å². The highest BCUT2D eigenvalue weighted by molar-refractivity contribution is 7.89. The first-order valence-corrected chi connectivity index (χ1v) is 17.8. The number of carboxylic acids is 1. The number of aromatic carboxylic acids is 1. The molecule has 9 nitrogen and oxygen atoms in total. The molecular formula is C32H36ClN3O6S2. The number of likely N-dealkylation sites (N-methyl/N-ethyl adjacent to an activating group) is 1. The number of fused-ring (bicyclic) bond motifs is 1. The highest BCUT2D eigenvalue weighted by Crippen LogP contribution is 2.46. The van der Waals surface area contributed by atoms with E-state index in [9.17, 15) is 23.1 Å². The predicted molar refractivity (Wildman–Crippen MR) is 173 cm³/mol. The summed E-state index contributed by atoms with van der Waals surface area (Å²) in [5, 5.41) is 12.8. The Morgan fingerprint density at radius 1 is 1.00 bits per heavy atom. The summed E-state index contributed by atoms with van der Waals surface area (Å²) in [5.41, 5.74) is 1.79. The van der Waals surface area contributed by atoms with Crippen molar-refractivity contribution >= 4 is 62.1 Å². The summed E-state index contributed by atoms with van der Waals surface area (Å²) in [6, 6.07) is 14.2. The van der Waals surface area contributed by atoms with Gasteiger partial charge < -0.3 is 14.7 Å². The first-order chi connectivity index (χ1) is 21.1. The van der Waals surface area contributed by atoms with E-state index in [-0.39, 0.29) is 38.5 Å². The Balaban J connectivity index is 1.42. The number of hydrogen-bond acceptors (Lipinski definition) is 7. The van der Waals surface area contributed by atoms with Crippen LogP contribution in [0.4, 0.5) is 21.9 Å². The molecule has 1 aliphatic heterocycles. The van der Waals surface area contributed by atoms with Crippen LogP contribution in [0.15, 0.2) is 53.4 Å². The van der Waals surface area contributed by atoms with Crippen LogP contribution in [0.3, 0.4) is 0 Å². The van der Waals surface area contributed by atoms with Gasteiger partial charge in [-0.05, 0) is 74.8 Å². The molecule has 0 radical (unpaired) electrons. The Morgan fingerprint density at radius 2 is 1.68 bits per heavy atom. The van der Waals surface area contributed by atoms with Crippen molar-refractivity contribution in [1.29, 1.82) is 0 Å². The van der Waals surface area contributed by atoms with E-state index in [1.807, 2.05) is 35.2 Å². The fourth-order valence-corrected chi connectivity index (χ4v) is 9.68. The van der Waals surface area contributed by atoms with Gasteiger partial charge in [-0.3, -0.25) is 5.32 Å². The Bertz CT molecular complexity index is 1650. The normalized spacial score (nSPS) is 21.0. The van der Waals surface area contributed by atoms with Gasteiger partial charge in [0.15, 0.2) is 0 Å². The fourth-order valence-electron chi connectivity index (χ4n) is 6.77. The van der Waals surface area contributed by atoms with Gasteiger partial charge in [0.05, 0.1) is 16.4 Å². The van der Waals surface area contributed by atoms with Gasteiger partial charge in [-0.1, -0.05) is 49.1 Å². The van der Waals surface area contributed by atoms with E-state index in [0.29, 0.717) is 22.7 Å². The largest absolute Gasteiger partial charge is 0.477 e. The van der Waals surface area contributed by atoms with E-state index in [1.165, 1.54) is 10.4 Å². The van der Waals surface area contributed by atoms with E-state index < -0.39 is 22.1 Å². The lowest BCUT2D eigenvalue weighted by atomic mass is 9.83. The molecule has 0 saturated heterocycles. The van der Waals surface area contributed by atoms with Crippen LogP contribution in [0.2, 0.25) is 5.02 Å². The summed E-state index contributed by atoms with van der Waals surface area (Å²) in [6.45, 7) is 0.479. The molecule has 0 bridgehead atoms. The topological polar surface area (TPSA) is 116 Å². The van der Waals surface area contributed by atoms with Gasteiger partial charge in [-0.25, -0.2) is 18.0 Å². The van der Waals surface area contributed by atoms with Crippen LogP contribution in [-0.4, -0.2) is 55.6 Å². The number of thiophene rings is 1.